The summed E-state index contributed by atoms with van der Waals surface area (Å²) in [7, 11) is 0. The van der Waals surface area contributed by atoms with E-state index < -0.39 is 0 Å². The normalized spacial score (nSPS) is 16.6. The van der Waals surface area contributed by atoms with Gasteiger partial charge in [-0.15, -0.1) is 0 Å². The Kier molecular flexibility index (Phi) is 6.19. The monoisotopic (exact) mass is 240 g/mol. The van der Waals surface area contributed by atoms with Crippen LogP contribution >= 0.6 is 0 Å². The second kappa shape index (κ2) is 7.43. The summed E-state index contributed by atoms with van der Waals surface area (Å²) in [5, 5.41) is 0. The number of likely N-dealkylation sites (N-methyl/N-ethyl adjacent to an activating group) is 1. The second-order valence-corrected chi connectivity index (χ2v) is 4.64. The van der Waals surface area contributed by atoms with Gasteiger partial charge in [0, 0.05) is 25.9 Å². The maximum Gasteiger partial charge on any atom is 0.236 e. The predicted molar refractivity (Wildman–Crippen MR) is 67.8 cm³/mol. The van der Waals surface area contributed by atoms with Gasteiger partial charge in [-0.3, -0.25) is 14.5 Å². The molecule has 0 spiro atoms. The molecule has 1 aliphatic heterocycles. The zero-order valence-corrected chi connectivity index (χ0v) is 11.1. The molecule has 1 fully saturated rings. The van der Waals surface area contributed by atoms with Crippen molar-refractivity contribution in [3.63, 3.8) is 0 Å². The maximum absolute atomic E-state index is 12.0. The van der Waals surface area contributed by atoms with E-state index in [4.69, 9.17) is 0 Å². The van der Waals surface area contributed by atoms with E-state index in [2.05, 4.69) is 18.7 Å². The van der Waals surface area contributed by atoms with Gasteiger partial charge < -0.3 is 4.90 Å². The van der Waals surface area contributed by atoms with Crippen LogP contribution in [0.1, 0.15) is 39.5 Å². The molecule has 0 radical (unpaired) electrons. The number of nitrogens with zero attached hydrogens (tertiary/aromatic N) is 2. The molecule has 0 N–H and O–H groups in total. The van der Waals surface area contributed by atoms with Gasteiger partial charge >= 0.3 is 0 Å². The van der Waals surface area contributed by atoms with Gasteiger partial charge in [-0.1, -0.05) is 20.3 Å². The molecule has 1 heterocycles. The molecule has 1 aliphatic rings. The van der Waals surface area contributed by atoms with Gasteiger partial charge in [0.25, 0.3) is 0 Å². The minimum Gasteiger partial charge on any atom is -0.341 e. The molecule has 1 amide bonds. The SMILES string of the molecule is CCCCN(CC)CC(=O)N1CCC(=O)CC1. The van der Waals surface area contributed by atoms with Crippen molar-refractivity contribution >= 4 is 11.7 Å². The molecule has 0 aromatic heterocycles. The van der Waals surface area contributed by atoms with E-state index in [0.29, 0.717) is 32.5 Å². The molecule has 0 saturated carbocycles. The van der Waals surface area contributed by atoms with E-state index in [9.17, 15) is 9.59 Å². The third-order valence-electron chi connectivity index (χ3n) is 3.31. The van der Waals surface area contributed by atoms with Crippen molar-refractivity contribution in [1.29, 1.82) is 0 Å². The molecule has 4 nitrogen and oxygen atoms in total. The topological polar surface area (TPSA) is 40.6 Å². The fraction of sp³-hybridized carbons (Fsp3) is 0.846. The van der Waals surface area contributed by atoms with Crippen LogP contribution in [0.25, 0.3) is 0 Å². The van der Waals surface area contributed by atoms with Crippen molar-refractivity contribution in [2.75, 3.05) is 32.7 Å². The standard InChI is InChI=1S/C13H24N2O2/c1-3-5-8-14(4-2)11-13(17)15-9-6-12(16)7-10-15/h3-11H2,1-2H3. The highest BCUT2D eigenvalue weighted by Gasteiger charge is 2.21. The molecule has 1 saturated heterocycles. The Balaban J connectivity index is 2.33. The number of Topliss-reactive ketones (excluding diaryl/α,β-unsaturated/α-hetero) is 1. The van der Waals surface area contributed by atoms with E-state index >= 15 is 0 Å². The highest BCUT2D eigenvalue weighted by Crippen LogP contribution is 2.07. The molecule has 4 heteroatoms. The van der Waals surface area contributed by atoms with Gasteiger partial charge in [-0.05, 0) is 19.5 Å². The Labute approximate surface area is 104 Å². The zero-order valence-electron chi connectivity index (χ0n) is 11.1. The lowest BCUT2D eigenvalue weighted by atomic mass is 10.1. The lowest BCUT2D eigenvalue weighted by Gasteiger charge is -2.29. The first kappa shape index (κ1) is 14.2. The summed E-state index contributed by atoms with van der Waals surface area (Å²) >= 11 is 0. The number of unbranched alkanes of at least 4 members (excludes halogenated alkanes) is 1. The molecular formula is C13H24N2O2. The number of hydrogen-bond acceptors (Lipinski definition) is 3. The lowest BCUT2D eigenvalue weighted by Crippen LogP contribution is -2.44. The number of piperidine rings is 1. The van der Waals surface area contributed by atoms with Crippen LogP contribution in [0, 0.1) is 0 Å². The van der Waals surface area contributed by atoms with E-state index in [1.807, 2.05) is 4.90 Å². The number of hydrogen-bond donors (Lipinski definition) is 0. The van der Waals surface area contributed by atoms with Gasteiger partial charge in [-0.2, -0.15) is 0 Å². The number of likely N-dealkylation sites (tertiary alicyclic amines) is 1. The Morgan fingerprint density at radius 1 is 1.29 bits per heavy atom. The van der Waals surface area contributed by atoms with Gasteiger partial charge in [-0.25, -0.2) is 0 Å². The molecule has 0 aromatic rings. The summed E-state index contributed by atoms with van der Waals surface area (Å²) in [5.41, 5.74) is 0. The fourth-order valence-electron chi connectivity index (χ4n) is 2.03. The third-order valence-corrected chi connectivity index (χ3v) is 3.31. The van der Waals surface area contributed by atoms with E-state index in [0.717, 1.165) is 25.9 Å². The van der Waals surface area contributed by atoms with Crippen molar-refractivity contribution in [1.82, 2.24) is 9.80 Å². The van der Waals surface area contributed by atoms with Crippen LogP contribution in [-0.2, 0) is 9.59 Å². The van der Waals surface area contributed by atoms with Crippen LogP contribution in [0.3, 0.4) is 0 Å². The molecule has 0 unspecified atom stereocenters. The number of amides is 1. The summed E-state index contributed by atoms with van der Waals surface area (Å²) in [6.07, 6.45) is 3.36. The first-order chi connectivity index (χ1) is 8.17. The van der Waals surface area contributed by atoms with Crippen molar-refractivity contribution in [3.8, 4) is 0 Å². The molecule has 0 atom stereocenters. The number of carbonyl (C=O) groups is 2. The van der Waals surface area contributed by atoms with Crippen LogP contribution in [-0.4, -0.2) is 54.2 Å². The van der Waals surface area contributed by atoms with Crippen LogP contribution < -0.4 is 0 Å². The summed E-state index contributed by atoms with van der Waals surface area (Å²) in [5.74, 6) is 0.461. The molecule has 1 rings (SSSR count). The molecular weight excluding hydrogens is 216 g/mol. The first-order valence-corrected chi connectivity index (χ1v) is 6.69. The largest absolute Gasteiger partial charge is 0.341 e. The number of rotatable bonds is 6. The highest BCUT2D eigenvalue weighted by atomic mass is 16.2. The minimum absolute atomic E-state index is 0.176. The first-order valence-electron chi connectivity index (χ1n) is 6.69. The van der Waals surface area contributed by atoms with Crippen molar-refractivity contribution in [2.45, 2.75) is 39.5 Å². The summed E-state index contributed by atoms with van der Waals surface area (Å²) in [6.45, 7) is 7.88. The van der Waals surface area contributed by atoms with E-state index in [-0.39, 0.29) is 11.7 Å². The summed E-state index contributed by atoms with van der Waals surface area (Å²) < 4.78 is 0. The van der Waals surface area contributed by atoms with Gasteiger partial charge in [0.2, 0.25) is 5.91 Å². The Morgan fingerprint density at radius 2 is 1.94 bits per heavy atom. The Bertz CT molecular complexity index is 256. The highest BCUT2D eigenvalue weighted by molar-refractivity contribution is 5.84. The third kappa shape index (κ3) is 4.86. The lowest BCUT2D eigenvalue weighted by molar-refractivity contribution is -0.135. The van der Waals surface area contributed by atoms with Crippen LogP contribution in [0.5, 0.6) is 0 Å². The van der Waals surface area contributed by atoms with Gasteiger partial charge in [0.05, 0.1) is 6.54 Å². The Morgan fingerprint density at radius 3 is 2.47 bits per heavy atom. The van der Waals surface area contributed by atoms with Crippen LogP contribution in [0.4, 0.5) is 0 Å². The van der Waals surface area contributed by atoms with Crippen molar-refractivity contribution < 1.29 is 9.59 Å². The minimum atomic E-state index is 0.176. The maximum atomic E-state index is 12.0. The van der Waals surface area contributed by atoms with Crippen molar-refractivity contribution in [3.05, 3.63) is 0 Å². The summed E-state index contributed by atoms with van der Waals surface area (Å²) in [6, 6.07) is 0. The van der Waals surface area contributed by atoms with E-state index in [1.165, 1.54) is 0 Å². The average molecular weight is 240 g/mol. The van der Waals surface area contributed by atoms with Gasteiger partial charge in [0.1, 0.15) is 5.78 Å². The molecule has 0 aliphatic carbocycles. The smallest absolute Gasteiger partial charge is 0.236 e. The quantitative estimate of drug-likeness (QED) is 0.702. The fourth-order valence-corrected chi connectivity index (χ4v) is 2.03. The summed E-state index contributed by atoms with van der Waals surface area (Å²) in [4.78, 5) is 27.1. The van der Waals surface area contributed by atoms with Crippen LogP contribution in [0.15, 0.2) is 0 Å². The van der Waals surface area contributed by atoms with Gasteiger partial charge in [0.15, 0.2) is 0 Å². The molecule has 0 aromatic carbocycles. The zero-order chi connectivity index (χ0) is 12.7. The average Bonchev–Trinajstić information content (AvgIpc) is 2.35. The number of carbonyl (C=O) groups excluding carboxylic acids is 2. The van der Waals surface area contributed by atoms with Crippen molar-refractivity contribution in [2.24, 2.45) is 0 Å². The Hall–Kier alpha value is -0.900. The number of ketones is 1. The molecule has 98 valence electrons. The predicted octanol–water partition coefficient (Wildman–Crippen LogP) is 1.30. The second-order valence-electron chi connectivity index (χ2n) is 4.64. The molecule has 0 bridgehead atoms. The van der Waals surface area contributed by atoms with E-state index in [1.54, 1.807) is 0 Å². The van der Waals surface area contributed by atoms with Crippen LogP contribution in [0.2, 0.25) is 0 Å². The molecule has 17 heavy (non-hydrogen) atoms.